The van der Waals surface area contributed by atoms with Gasteiger partial charge in [-0.3, -0.25) is 4.79 Å². The minimum Gasteiger partial charge on any atom is -0.390 e. The van der Waals surface area contributed by atoms with E-state index in [-0.39, 0.29) is 5.91 Å². The van der Waals surface area contributed by atoms with E-state index in [1.54, 1.807) is 4.90 Å². The first-order chi connectivity index (χ1) is 9.19. The normalized spacial score (nSPS) is 10.4. The lowest BCUT2D eigenvalue weighted by molar-refractivity contribution is 0.0775. The van der Waals surface area contributed by atoms with E-state index < -0.39 is 0 Å². The lowest BCUT2D eigenvalue weighted by Gasteiger charge is -2.19. The van der Waals surface area contributed by atoms with Gasteiger partial charge in [0.2, 0.25) is 0 Å². The van der Waals surface area contributed by atoms with Crippen molar-refractivity contribution in [3.8, 4) is 11.1 Å². The molecule has 19 heavy (non-hydrogen) atoms. The fraction of sp³-hybridized carbons (Fsp3) is 0.267. The van der Waals surface area contributed by atoms with Gasteiger partial charge in [-0.1, -0.05) is 30.3 Å². The molecule has 0 fully saturated rings. The van der Waals surface area contributed by atoms with Crippen LogP contribution in [-0.4, -0.2) is 23.9 Å². The highest BCUT2D eigenvalue weighted by atomic mass is 32.1. The van der Waals surface area contributed by atoms with Gasteiger partial charge >= 0.3 is 0 Å². The summed E-state index contributed by atoms with van der Waals surface area (Å²) in [5.74, 6) is 0.0163. The quantitative estimate of drug-likeness (QED) is 0.927. The number of hydrogen-bond acceptors (Lipinski definition) is 3. The Hall–Kier alpha value is -1.81. The minimum atomic E-state index is 0.0163. The summed E-state index contributed by atoms with van der Waals surface area (Å²) in [4.78, 5) is 14.3. The number of benzene rings is 1. The molecule has 0 atom stereocenters. The first kappa shape index (κ1) is 13.6. The third-order valence-corrected chi connectivity index (χ3v) is 3.98. The highest BCUT2D eigenvalue weighted by Gasteiger charge is 2.21. The number of nitrogens with zero attached hydrogens (tertiary/aromatic N) is 1. The van der Waals surface area contributed by atoms with E-state index in [0.717, 1.165) is 11.1 Å². The molecule has 0 aliphatic carbocycles. The Morgan fingerprint density at radius 1 is 1.21 bits per heavy atom. The number of hydrogen-bond donors (Lipinski definition) is 1. The summed E-state index contributed by atoms with van der Waals surface area (Å²) in [5.41, 5.74) is 8.60. The van der Waals surface area contributed by atoms with Crippen LogP contribution in [0, 0.1) is 0 Å². The standard InChI is InChI=1S/C15H18N2OS/c1-3-17(4-2)15(18)13-12(10-19-14(13)16)11-8-6-5-7-9-11/h5-10H,3-4,16H2,1-2H3. The largest absolute Gasteiger partial charge is 0.390 e. The van der Waals surface area contributed by atoms with Gasteiger partial charge in [-0.25, -0.2) is 0 Å². The van der Waals surface area contributed by atoms with Crippen LogP contribution >= 0.6 is 11.3 Å². The number of carbonyl (C=O) groups excluding carboxylic acids is 1. The van der Waals surface area contributed by atoms with Crippen molar-refractivity contribution in [2.75, 3.05) is 18.8 Å². The molecule has 1 heterocycles. The summed E-state index contributed by atoms with van der Waals surface area (Å²) >= 11 is 1.42. The molecule has 100 valence electrons. The second-order valence-corrected chi connectivity index (χ2v) is 5.14. The molecular formula is C15H18N2OS. The van der Waals surface area contributed by atoms with Crippen molar-refractivity contribution in [3.63, 3.8) is 0 Å². The molecule has 2 rings (SSSR count). The molecule has 0 spiro atoms. The van der Waals surface area contributed by atoms with Crippen LogP contribution in [0.5, 0.6) is 0 Å². The zero-order valence-electron chi connectivity index (χ0n) is 11.2. The Morgan fingerprint density at radius 2 is 1.84 bits per heavy atom. The predicted molar refractivity (Wildman–Crippen MR) is 81.4 cm³/mol. The third-order valence-electron chi connectivity index (χ3n) is 3.17. The average Bonchev–Trinajstić information content (AvgIpc) is 2.83. The molecule has 3 nitrogen and oxygen atoms in total. The van der Waals surface area contributed by atoms with E-state index in [1.807, 2.05) is 49.6 Å². The number of thiophene rings is 1. The molecule has 2 aromatic rings. The zero-order chi connectivity index (χ0) is 13.8. The molecule has 1 aromatic carbocycles. The van der Waals surface area contributed by atoms with Crippen molar-refractivity contribution >= 4 is 22.2 Å². The SMILES string of the molecule is CCN(CC)C(=O)c1c(-c2ccccc2)csc1N. The highest BCUT2D eigenvalue weighted by Crippen LogP contribution is 2.34. The lowest BCUT2D eigenvalue weighted by Crippen LogP contribution is -2.31. The molecule has 0 radical (unpaired) electrons. The Labute approximate surface area is 117 Å². The molecule has 4 heteroatoms. The predicted octanol–water partition coefficient (Wildman–Crippen LogP) is 3.48. The van der Waals surface area contributed by atoms with Crippen LogP contribution in [0.25, 0.3) is 11.1 Å². The maximum absolute atomic E-state index is 12.5. The monoisotopic (exact) mass is 274 g/mol. The van der Waals surface area contributed by atoms with Crippen LogP contribution in [0.3, 0.4) is 0 Å². The first-order valence-corrected chi connectivity index (χ1v) is 7.28. The molecule has 0 unspecified atom stereocenters. The average molecular weight is 274 g/mol. The van der Waals surface area contributed by atoms with Crippen LogP contribution in [0.1, 0.15) is 24.2 Å². The first-order valence-electron chi connectivity index (χ1n) is 6.40. The van der Waals surface area contributed by atoms with Gasteiger partial charge in [-0.2, -0.15) is 0 Å². The van der Waals surface area contributed by atoms with Crippen LogP contribution in [0.15, 0.2) is 35.7 Å². The number of anilines is 1. The lowest BCUT2D eigenvalue weighted by atomic mass is 10.0. The number of rotatable bonds is 4. The summed E-state index contributed by atoms with van der Waals surface area (Å²) in [7, 11) is 0. The van der Waals surface area contributed by atoms with E-state index >= 15 is 0 Å². The van der Waals surface area contributed by atoms with Crippen molar-refractivity contribution in [1.82, 2.24) is 4.90 Å². The smallest absolute Gasteiger partial charge is 0.257 e. The van der Waals surface area contributed by atoms with Crippen molar-refractivity contribution in [2.45, 2.75) is 13.8 Å². The van der Waals surface area contributed by atoms with Crippen molar-refractivity contribution in [1.29, 1.82) is 0 Å². The van der Waals surface area contributed by atoms with E-state index in [9.17, 15) is 4.79 Å². The van der Waals surface area contributed by atoms with Crippen molar-refractivity contribution < 1.29 is 4.79 Å². The third kappa shape index (κ3) is 2.63. The van der Waals surface area contributed by atoms with Gasteiger partial charge in [0.1, 0.15) is 0 Å². The molecule has 0 saturated heterocycles. The summed E-state index contributed by atoms with van der Waals surface area (Å²) in [6.45, 7) is 5.34. The van der Waals surface area contributed by atoms with E-state index in [1.165, 1.54) is 11.3 Å². The zero-order valence-corrected chi connectivity index (χ0v) is 12.0. The van der Waals surface area contributed by atoms with Crippen molar-refractivity contribution in [3.05, 3.63) is 41.3 Å². The Kier molecular flexibility index (Phi) is 4.22. The second-order valence-electron chi connectivity index (χ2n) is 4.23. The van der Waals surface area contributed by atoms with E-state index in [4.69, 9.17) is 5.73 Å². The van der Waals surface area contributed by atoms with Crippen LogP contribution in [0.4, 0.5) is 5.00 Å². The Balaban J connectivity index is 2.47. The van der Waals surface area contributed by atoms with E-state index in [2.05, 4.69) is 0 Å². The van der Waals surface area contributed by atoms with Gasteiger partial charge in [0.05, 0.1) is 10.6 Å². The molecule has 0 bridgehead atoms. The molecule has 1 amide bonds. The fourth-order valence-corrected chi connectivity index (χ4v) is 2.91. The molecule has 0 aliphatic heterocycles. The van der Waals surface area contributed by atoms with Crippen LogP contribution in [-0.2, 0) is 0 Å². The van der Waals surface area contributed by atoms with Crippen molar-refractivity contribution in [2.24, 2.45) is 0 Å². The number of amides is 1. The van der Waals surface area contributed by atoms with Gasteiger partial charge in [0.15, 0.2) is 0 Å². The molecule has 2 N–H and O–H groups in total. The van der Waals surface area contributed by atoms with Gasteiger partial charge in [0, 0.05) is 24.0 Å². The second kappa shape index (κ2) is 5.89. The number of nitrogen functional groups attached to an aromatic ring is 1. The topological polar surface area (TPSA) is 46.3 Å². The number of nitrogens with two attached hydrogens (primary N) is 1. The fourth-order valence-electron chi connectivity index (χ4n) is 2.09. The van der Waals surface area contributed by atoms with Crippen LogP contribution in [0.2, 0.25) is 0 Å². The summed E-state index contributed by atoms with van der Waals surface area (Å²) in [6, 6.07) is 9.90. The van der Waals surface area contributed by atoms with Gasteiger partial charge in [-0.15, -0.1) is 11.3 Å². The van der Waals surface area contributed by atoms with Gasteiger partial charge in [-0.05, 0) is 19.4 Å². The Bertz CT molecular complexity index is 559. The summed E-state index contributed by atoms with van der Waals surface area (Å²) < 4.78 is 0. The maximum Gasteiger partial charge on any atom is 0.257 e. The summed E-state index contributed by atoms with van der Waals surface area (Å²) in [5, 5.41) is 2.55. The molecular weight excluding hydrogens is 256 g/mol. The summed E-state index contributed by atoms with van der Waals surface area (Å²) in [6.07, 6.45) is 0. The number of carbonyl (C=O) groups is 1. The van der Waals surface area contributed by atoms with Crippen LogP contribution < -0.4 is 5.73 Å². The molecule has 1 aromatic heterocycles. The van der Waals surface area contributed by atoms with E-state index in [0.29, 0.717) is 23.7 Å². The maximum atomic E-state index is 12.5. The highest BCUT2D eigenvalue weighted by molar-refractivity contribution is 7.15. The molecule has 0 aliphatic rings. The van der Waals surface area contributed by atoms with Gasteiger partial charge in [0.25, 0.3) is 5.91 Å². The molecule has 0 saturated carbocycles. The van der Waals surface area contributed by atoms with Gasteiger partial charge < -0.3 is 10.6 Å². The Morgan fingerprint density at radius 3 is 2.42 bits per heavy atom. The minimum absolute atomic E-state index is 0.0163.